The van der Waals surface area contributed by atoms with Crippen molar-refractivity contribution in [2.75, 3.05) is 6.54 Å². The van der Waals surface area contributed by atoms with Crippen LogP contribution in [-0.2, 0) is 14.8 Å². The van der Waals surface area contributed by atoms with Crippen LogP contribution in [0.5, 0.6) is 0 Å². The number of hydrogen-bond acceptors (Lipinski definition) is 3. The molecule has 2 N–H and O–H groups in total. The van der Waals surface area contributed by atoms with E-state index in [9.17, 15) is 13.2 Å². The van der Waals surface area contributed by atoms with Gasteiger partial charge in [-0.3, -0.25) is 4.79 Å². The van der Waals surface area contributed by atoms with Gasteiger partial charge in [0.05, 0.1) is 4.90 Å². The summed E-state index contributed by atoms with van der Waals surface area (Å²) in [6, 6.07) is 4.91. The second-order valence-electron chi connectivity index (χ2n) is 4.80. The lowest BCUT2D eigenvalue weighted by Gasteiger charge is -2.12. The Hall–Kier alpha value is -1.40. The summed E-state index contributed by atoms with van der Waals surface area (Å²) in [7, 11) is -3.57. The van der Waals surface area contributed by atoms with Crippen molar-refractivity contribution in [2.24, 2.45) is 5.92 Å². The van der Waals surface area contributed by atoms with Crippen molar-refractivity contribution in [3.63, 3.8) is 0 Å². The molecular weight excluding hydrogens is 266 g/mol. The molecule has 0 saturated heterocycles. The Morgan fingerprint density at radius 2 is 1.95 bits per heavy atom. The summed E-state index contributed by atoms with van der Waals surface area (Å²) in [5, 5.41) is 8.62. The molecule has 1 rings (SSSR count). The molecule has 6 heteroatoms. The monoisotopic (exact) mass is 285 g/mol. The van der Waals surface area contributed by atoms with Gasteiger partial charge in [0.1, 0.15) is 0 Å². The van der Waals surface area contributed by atoms with E-state index in [-0.39, 0.29) is 23.8 Å². The molecule has 0 spiro atoms. The highest BCUT2D eigenvalue weighted by Gasteiger charge is 2.16. The van der Waals surface area contributed by atoms with Crippen molar-refractivity contribution in [3.8, 4) is 0 Å². The van der Waals surface area contributed by atoms with Crippen LogP contribution < -0.4 is 4.72 Å². The van der Waals surface area contributed by atoms with E-state index in [1.54, 1.807) is 25.1 Å². The van der Waals surface area contributed by atoms with Crippen LogP contribution in [0.4, 0.5) is 0 Å². The fourth-order valence-electron chi connectivity index (χ4n) is 1.59. The molecule has 0 aromatic heterocycles. The number of aliphatic carboxylic acids is 1. The van der Waals surface area contributed by atoms with Crippen LogP contribution in [0.2, 0.25) is 0 Å². The van der Waals surface area contributed by atoms with E-state index in [4.69, 9.17) is 5.11 Å². The predicted molar refractivity (Wildman–Crippen MR) is 72.5 cm³/mol. The Morgan fingerprint density at radius 1 is 1.32 bits per heavy atom. The molecule has 0 aliphatic carbocycles. The average Bonchev–Trinajstić information content (AvgIpc) is 2.29. The third-order valence-corrected chi connectivity index (χ3v) is 4.35. The first-order valence-corrected chi connectivity index (χ1v) is 7.49. The summed E-state index contributed by atoms with van der Waals surface area (Å²) < 4.78 is 26.5. The van der Waals surface area contributed by atoms with E-state index in [0.717, 1.165) is 11.1 Å². The minimum Gasteiger partial charge on any atom is -0.481 e. The Morgan fingerprint density at radius 3 is 2.47 bits per heavy atom. The van der Waals surface area contributed by atoms with Crippen molar-refractivity contribution >= 4 is 16.0 Å². The molecule has 1 aromatic rings. The minimum absolute atomic E-state index is 0.0601. The molecule has 1 aromatic carbocycles. The summed E-state index contributed by atoms with van der Waals surface area (Å²) in [5.74, 6) is -1.18. The molecule has 0 saturated carbocycles. The highest BCUT2D eigenvalue weighted by Crippen LogP contribution is 2.15. The van der Waals surface area contributed by atoms with Crippen LogP contribution in [0.3, 0.4) is 0 Å². The molecule has 0 aliphatic rings. The Bertz CT molecular complexity index is 566. The first kappa shape index (κ1) is 15.7. The van der Waals surface area contributed by atoms with E-state index in [2.05, 4.69) is 4.72 Å². The summed E-state index contributed by atoms with van der Waals surface area (Å²) in [4.78, 5) is 10.7. The Balaban J connectivity index is 2.76. The van der Waals surface area contributed by atoms with Gasteiger partial charge in [-0.05, 0) is 43.0 Å². The van der Waals surface area contributed by atoms with Crippen LogP contribution in [-0.4, -0.2) is 26.0 Å². The molecule has 5 nitrogen and oxygen atoms in total. The summed E-state index contributed by atoms with van der Waals surface area (Å²) in [6.45, 7) is 5.56. The molecule has 106 valence electrons. The van der Waals surface area contributed by atoms with Crippen LogP contribution in [0.15, 0.2) is 23.1 Å². The van der Waals surface area contributed by atoms with Gasteiger partial charge < -0.3 is 5.11 Å². The molecule has 0 amide bonds. The van der Waals surface area contributed by atoms with Gasteiger partial charge in [-0.25, -0.2) is 13.1 Å². The topological polar surface area (TPSA) is 83.5 Å². The SMILES string of the molecule is Cc1ccc(S(=O)(=O)NCC(C)CC(=O)O)cc1C. The second kappa shape index (κ2) is 6.16. The van der Waals surface area contributed by atoms with Gasteiger partial charge in [-0.15, -0.1) is 0 Å². The molecule has 19 heavy (non-hydrogen) atoms. The van der Waals surface area contributed by atoms with Crippen LogP contribution in [0, 0.1) is 19.8 Å². The highest BCUT2D eigenvalue weighted by atomic mass is 32.2. The van der Waals surface area contributed by atoms with Gasteiger partial charge in [0.25, 0.3) is 0 Å². The first-order valence-electron chi connectivity index (χ1n) is 6.01. The van der Waals surface area contributed by atoms with Crippen molar-refractivity contribution in [1.29, 1.82) is 0 Å². The number of sulfonamides is 1. The van der Waals surface area contributed by atoms with Crippen LogP contribution in [0.25, 0.3) is 0 Å². The third-order valence-electron chi connectivity index (χ3n) is 2.93. The Labute approximate surface area is 113 Å². The lowest BCUT2D eigenvalue weighted by atomic mass is 10.1. The van der Waals surface area contributed by atoms with Crippen LogP contribution >= 0.6 is 0 Å². The van der Waals surface area contributed by atoms with Gasteiger partial charge >= 0.3 is 5.97 Å². The second-order valence-corrected chi connectivity index (χ2v) is 6.57. The number of carbonyl (C=O) groups is 1. The van der Waals surface area contributed by atoms with Gasteiger partial charge in [-0.2, -0.15) is 0 Å². The van der Waals surface area contributed by atoms with Gasteiger partial charge in [0.2, 0.25) is 10.0 Å². The molecule has 0 heterocycles. The number of aryl methyl sites for hydroxylation is 2. The fourth-order valence-corrected chi connectivity index (χ4v) is 2.84. The molecule has 0 aliphatic heterocycles. The summed E-state index contributed by atoms with van der Waals surface area (Å²) in [6.07, 6.45) is -0.0601. The van der Waals surface area contributed by atoms with Crippen LogP contribution in [0.1, 0.15) is 24.5 Å². The molecule has 0 radical (unpaired) electrons. The maximum Gasteiger partial charge on any atom is 0.303 e. The lowest BCUT2D eigenvalue weighted by Crippen LogP contribution is -2.29. The largest absolute Gasteiger partial charge is 0.481 e. The van der Waals surface area contributed by atoms with Crippen molar-refractivity contribution < 1.29 is 18.3 Å². The number of carboxylic acids is 1. The van der Waals surface area contributed by atoms with E-state index < -0.39 is 16.0 Å². The number of benzene rings is 1. The average molecular weight is 285 g/mol. The number of rotatable bonds is 6. The van der Waals surface area contributed by atoms with Gasteiger partial charge in [0, 0.05) is 13.0 Å². The third kappa shape index (κ3) is 4.65. The molecule has 0 fully saturated rings. The van der Waals surface area contributed by atoms with Crippen molar-refractivity contribution in [3.05, 3.63) is 29.3 Å². The number of hydrogen-bond donors (Lipinski definition) is 2. The molecular formula is C13H19NO4S. The van der Waals surface area contributed by atoms with Gasteiger partial charge in [0.15, 0.2) is 0 Å². The van der Waals surface area contributed by atoms with Crippen molar-refractivity contribution in [1.82, 2.24) is 4.72 Å². The lowest BCUT2D eigenvalue weighted by molar-refractivity contribution is -0.137. The summed E-state index contributed by atoms with van der Waals surface area (Å²) in [5.41, 5.74) is 1.93. The maximum atomic E-state index is 12.0. The predicted octanol–water partition coefficient (Wildman–Crippen LogP) is 1.69. The van der Waals surface area contributed by atoms with Crippen molar-refractivity contribution in [2.45, 2.75) is 32.1 Å². The molecule has 0 bridgehead atoms. The number of carboxylic acid groups (broad SMARTS) is 1. The quantitative estimate of drug-likeness (QED) is 0.833. The van der Waals surface area contributed by atoms with E-state index in [0.29, 0.717) is 0 Å². The first-order chi connectivity index (χ1) is 8.72. The summed E-state index contributed by atoms with van der Waals surface area (Å²) >= 11 is 0. The minimum atomic E-state index is -3.57. The zero-order valence-corrected chi connectivity index (χ0v) is 12.1. The molecule has 1 atom stereocenters. The smallest absolute Gasteiger partial charge is 0.303 e. The zero-order chi connectivity index (χ0) is 14.6. The molecule has 1 unspecified atom stereocenters. The number of nitrogens with one attached hydrogen (secondary N) is 1. The Kier molecular flexibility index (Phi) is 5.08. The van der Waals surface area contributed by atoms with Gasteiger partial charge in [-0.1, -0.05) is 13.0 Å². The standard InChI is InChI=1S/C13H19NO4S/c1-9(6-13(15)16)8-14-19(17,18)12-5-4-10(2)11(3)7-12/h4-5,7,9,14H,6,8H2,1-3H3,(H,15,16). The van der Waals surface area contributed by atoms with E-state index in [1.165, 1.54) is 0 Å². The zero-order valence-electron chi connectivity index (χ0n) is 11.3. The normalized spacial score (nSPS) is 13.2. The maximum absolute atomic E-state index is 12.0. The van der Waals surface area contributed by atoms with E-state index >= 15 is 0 Å². The highest BCUT2D eigenvalue weighted by molar-refractivity contribution is 7.89. The fraction of sp³-hybridized carbons (Fsp3) is 0.462. The van der Waals surface area contributed by atoms with E-state index in [1.807, 2.05) is 13.8 Å².